The molecule has 0 aliphatic heterocycles. The predicted molar refractivity (Wildman–Crippen MR) is 151 cm³/mol. The quantitative estimate of drug-likeness (QED) is 0.0563. The van der Waals surface area contributed by atoms with Gasteiger partial charge in [0.15, 0.2) is 0 Å². The second-order valence-corrected chi connectivity index (χ2v) is 12.4. The van der Waals surface area contributed by atoms with E-state index in [1.165, 1.54) is 77.0 Å². The van der Waals surface area contributed by atoms with Crippen molar-refractivity contribution in [1.82, 2.24) is 0 Å². The summed E-state index contributed by atoms with van der Waals surface area (Å²) in [4.78, 5) is 22.9. The Morgan fingerprint density at radius 2 is 1.00 bits per heavy atom. The number of carbonyl (C=O) groups is 2. The van der Waals surface area contributed by atoms with E-state index in [0.29, 0.717) is 25.7 Å². The Kier molecular flexibility index (Phi) is 35.4. The maximum absolute atomic E-state index is 12.4. The zero-order chi connectivity index (χ0) is 28.5. The number of aliphatic carboxylic acids is 1. The topological polar surface area (TPSA) is 124 Å². The molecule has 2 unspecified atom stereocenters. The van der Waals surface area contributed by atoms with Gasteiger partial charge < -0.3 is 19.2 Å². The minimum absolute atomic E-state index is 0. The van der Waals surface area contributed by atoms with Gasteiger partial charge in [-0.05, 0) is 38.5 Å². The van der Waals surface area contributed by atoms with Gasteiger partial charge in [-0.25, -0.2) is 8.42 Å². The summed E-state index contributed by atoms with van der Waals surface area (Å²) < 4.78 is 40.7. The van der Waals surface area contributed by atoms with Crippen LogP contribution in [0.4, 0.5) is 0 Å². The molecule has 0 fully saturated rings. The average Bonchev–Trinajstić information content (AvgIpc) is 2.85. The largest absolute Gasteiger partial charge is 1.00 e. The SMILES string of the molecule is CCCCCCCCCCCCCCCCCC(=O)OC(CCCCCCCC(=O)[O-])C(CC)S(=O)(=O)[O-].[Na+].[Na+]. The van der Waals surface area contributed by atoms with Crippen LogP contribution in [0.1, 0.15) is 168 Å². The Labute approximate surface area is 290 Å². The van der Waals surface area contributed by atoms with E-state index in [1.807, 2.05) is 0 Å². The van der Waals surface area contributed by atoms with E-state index < -0.39 is 33.4 Å². The number of carbonyl (C=O) groups excluding carboxylic acids is 2. The number of esters is 1. The molecule has 0 saturated carbocycles. The van der Waals surface area contributed by atoms with Crippen molar-refractivity contribution in [2.75, 3.05) is 0 Å². The van der Waals surface area contributed by atoms with E-state index in [2.05, 4.69) is 6.92 Å². The minimum Gasteiger partial charge on any atom is -0.748 e. The summed E-state index contributed by atoms with van der Waals surface area (Å²) in [5.74, 6) is -1.49. The minimum atomic E-state index is -4.57. The molecule has 0 saturated heterocycles. The predicted octanol–water partition coefficient (Wildman–Crippen LogP) is 0.972. The van der Waals surface area contributed by atoms with Crippen molar-refractivity contribution in [3.05, 3.63) is 0 Å². The Bertz CT molecular complexity index is 690. The molecule has 0 aromatic heterocycles. The molecular weight excluding hydrogens is 550 g/mol. The van der Waals surface area contributed by atoms with E-state index in [4.69, 9.17) is 4.74 Å². The van der Waals surface area contributed by atoms with Crippen molar-refractivity contribution in [2.24, 2.45) is 0 Å². The molecule has 0 aromatic carbocycles. The molecule has 0 amide bonds. The molecule has 226 valence electrons. The number of hydrogen-bond donors (Lipinski definition) is 0. The van der Waals surface area contributed by atoms with Crippen LogP contribution in [0.3, 0.4) is 0 Å². The third-order valence-electron chi connectivity index (χ3n) is 7.32. The average molecular weight is 607 g/mol. The summed E-state index contributed by atoms with van der Waals surface area (Å²) in [6.45, 7) is 3.87. The van der Waals surface area contributed by atoms with Crippen LogP contribution in [0.15, 0.2) is 0 Å². The van der Waals surface area contributed by atoms with Crippen LogP contribution in [-0.4, -0.2) is 36.3 Å². The van der Waals surface area contributed by atoms with Gasteiger partial charge in [-0.1, -0.05) is 123 Å². The smallest absolute Gasteiger partial charge is 0.748 e. The second kappa shape index (κ2) is 31.3. The van der Waals surface area contributed by atoms with Gasteiger partial charge >= 0.3 is 65.1 Å². The molecular formula is C30H56Na2O7S. The molecule has 0 N–H and O–H groups in total. The van der Waals surface area contributed by atoms with Gasteiger partial charge in [0.2, 0.25) is 0 Å². The Morgan fingerprint density at radius 1 is 0.625 bits per heavy atom. The summed E-state index contributed by atoms with van der Waals surface area (Å²) >= 11 is 0. The Balaban J connectivity index is -0.00000684. The van der Waals surface area contributed by atoms with E-state index >= 15 is 0 Å². The maximum Gasteiger partial charge on any atom is 1.00 e. The van der Waals surface area contributed by atoms with Gasteiger partial charge in [0.1, 0.15) is 16.2 Å². The molecule has 0 aromatic rings. The molecule has 0 aliphatic carbocycles. The molecule has 0 aliphatic rings. The fraction of sp³-hybridized carbons (Fsp3) is 0.933. The first kappa shape index (κ1) is 45.3. The van der Waals surface area contributed by atoms with E-state index in [1.54, 1.807) is 6.92 Å². The van der Waals surface area contributed by atoms with Gasteiger partial charge in [-0.15, -0.1) is 0 Å². The first-order valence-corrected chi connectivity index (χ1v) is 17.0. The second-order valence-electron chi connectivity index (χ2n) is 10.8. The van der Waals surface area contributed by atoms with Gasteiger partial charge in [0, 0.05) is 12.4 Å². The van der Waals surface area contributed by atoms with Crippen molar-refractivity contribution >= 4 is 22.1 Å². The van der Waals surface area contributed by atoms with E-state index in [-0.39, 0.29) is 78.4 Å². The fourth-order valence-electron chi connectivity index (χ4n) is 4.99. The van der Waals surface area contributed by atoms with Gasteiger partial charge in [0.25, 0.3) is 0 Å². The fourth-order valence-corrected chi connectivity index (χ4v) is 5.96. The van der Waals surface area contributed by atoms with Crippen molar-refractivity contribution in [1.29, 1.82) is 0 Å². The summed E-state index contributed by atoms with van der Waals surface area (Å²) in [6, 6.07) is 0. The summed E-state index contributed by atoms with van der Waals surface area (Å²) in [6.07, 6.45) is 21.9. The Hall–Kier alpha value is 0.850. The zero-order valence-electron chi connectivity index (χ0n) is 26.4. The number of carboxylic acid groups (broad SMARTS) is 1. The first-order chi connectivity index (χ1) is 18.2. The third kappa shape index (κ3) is 28.9. The van der Waals surface area contributed by atoms with Crippen LogP contribution in [0, 0.1) is 0 Å². The van der Waals surface area contributed by atoms with E-state index in [0.717, 1.165) is 32.1 Å². The summed E-state index contributed by atoms with van der Waals surface area (Å²) in [5.41, 5.74) is 0. The normalized spacial score (nSPS) is 12.7. The van der Waals surface area contributed by atoms with Crippen molar-refractivity contribution in [3.8, 4) is 0 Å². The molecule has 0 heterocycles. The van der Waals surface area contributed by atoms with Crippen LogP contribution in [-0.2, 0) is 24.4 Å². The molecule has 0 radical (unpaired) electrons. The molecule has 0 rings (SSSR count). The van der Waals surface area contributed by atoms with Crippen molar-refractivity contribution < 1.29 is 91.5 Å². The van der Waals surface area contributed by atoms with Crippen LogP contribution in [0.5, 0.6) is 0 Å². The number of ether oxygens (including phenoxy) is 1. The Morgan fingerprint density at radius 3 is 1.38 bits per heavy atom. The molecule has 10 heteroatoms. The number of unbranched alkanes of at least 4 members (excludes halogenated alkanes) is 18. The standard InChI is InChI=1S/C30H58O7S.2Na/c1-3-5-6-7-8-9-10-11-12-13-14-15-16-20-23-26-30(33)37-27(28(4-2)38(34,35)36)24-21-18-17-19-22-25-29(31)32;;/h27-28H,3-26H2,1-2H3,(H,31,32)(H,34,35,36);;/q;2*+1/p-2. The van der Waals surface area contributed by atoms with Gasteiger partial charge in [-0.3, -0.25) is 4.79 Å². The molecule has 7 nitrogen and oxygen atoms in total. The summed E-state index contributed by atoms with van der Waals surface area (Å²) in [7, 11) is -4.57. The zero-order valence-corrected chi connectivity index (χ0v) is 31.2. The number of hydrogen-bond acceptors (Lipinski definition) is 7. The molecule has 0 spiro atoms. The summed E-state index contributed by atoms with van der Waals surface area (Å²) in [5, 5.41) is 9.23. The van der Waals surface area contributed by atoms with Crippen molar-refractivity contribution in [2.45, 2.75) is 179 Å². The van der Waals surface area contributed by atoms with Crippen LogP contribution in [0.25, 0.3) is 0 Å². The molecule has 40 heavy (non-hydrogen) atoms. The van der Waals surface area contributed by atoms with Gasteiger partial charge in [0.05, 0.1) is 5.25 Å². The van der Waals surface area contributed by atoms with Crippen LogP contribution >= 0.6 is 0 Å². The van der Waals surface area contributed by atoms with E-state index in [9.17, 15) is 27.7 Å². The maximum atomic E-state index is 12.4. The monoisotopic (exact) mass is 606 g/mol. The van der Waals surface area contributed by atoms with Gasteiger partial charge in [-0.2, -0.15) is 0 Å². The van der Waals surface area contributed by atoms with Crippen LogP contribution < -0.4 is 64.2 Å². The molecule has 2 atom stereocenters. The number of rotatable bonds is 28. The third-order valence-corrected chi connectivity index (χ3v) is 8.70. The number of carboxylic acids is 1. The van der Waals surface area contributed by atoms with Crippen molar-refractivity contribution in [3.63, 3.8) is 0 Å². The molecule has 0 bridgehead atoms. The first-order valence-electron chi connectivity index (χ1n) is 15.6. The van der Waals surface area contributed by atoms with Crippen LogP contribution in [0.2, 0.25) is 0 Å².